The first-order valence-electron chi connectivity index (χ1n) is 14.9. The number of phenolic OH excluding ortho intramolecular Hbond substituents is 1. The molecule has 0 radical (unpaired) electrons. The Morgan fingerprint density at radius 3 is 2.77 bits per heavy atom. The zero-order valence-corrected chi connectivity index (χ0v) is 24.5. The topological polar surface area (TPSA) is 112 Å². The van der Waals surface area contributed by atoms with Crippen LogP contribution in [0.15, 0.2) is 48.8 Å². The van der Waals surface area contributed by atoms with E-state index in [0.29, 0.717) is 57.8 Å². The number of nitrogens with zero attached hydrogens (tertiary/aromatic N) is 7. The van der Waals surface area contributed by atoms with E-state index in [4.69, 9.17) is 14.7 Å². The number of likely N-dealkylation sites (tertiary alicyclic amines) is 1. The number of nitriles is 1. The van der Waals surface area contributed by atoms with E-state index in [2.05, 4.69) is 40.5 Å². The summed E-state index contributed by atoms with van der Waals surface area (Å²) in [5.74, 6) is 0.145. The number of fused-ring (bicyclic) bond motifs is 2. The molecule has 0 aliphatic carbocycles. The normalized spacial score (nSPS) is 21.9. The summed E-state index contributed by atoms with van der Waals surface area (Å²) in [5.41, 5.74) is 2.82. The zero-order chi connectivity index (χ0) is 30.1. The third-order valence-electron chi connectivity index (χ3n) is 9.01. The molecule has 1 aromatic heterocycles. The molecule has 2 N–H and O–H groups in total. The van der Waals surface area contributed by atoms with Gasteiger partial charge in [-0.05, 0) is 44.3 Å². The Morgan fingerprint density at radius 1 is 1.16 bits per heavy atom. The molecule has 6 rings (SSSR count). The fourth-order valence-electron chi connectivity index (χ4n) is 6.67. The van der Waals surface area contributed by atoms with Crippen LogP contribution in [0, 0.1) is 11.3 Å². The van der Waals surface area contributed by atoms with Crippen LogP contribution < -0.4 is 14.5 Å². The number of benzene rings is 2. The second-order valence-corrected chi connectivity index (χ2v) is 11.7. The maximum Gasteiger partial charge on any atom is 0.318 e. The molecule has 2 saturated heterocycles. The van der Waals surface area contributed by atoms with Gasteiger partial charge < -0.3 is 29.6 Å². The first-order chi connectivity index (χ1) is 20.8. The van der Waals surface area contributed by atoms with Crippen molar-refractivity contribution in [3.63, 3.8) is 0 Å². The smallest absolute Gasteiger partial charge is 0.318 e. The van der Waals surface area contributed by atoms with Crippen molar-refractivity contribution in [2.45, 2.75) is 50.5 Å². The molecule has 226 valence electrons. The predicted octanol–water partition coefficient (Wildman–Crippen LogP) is 3.58. The van der Waals surface area contributed by atoms with Gasteiger partial charge in [0.05, 0.1) is 24.7 Å². The molecule has 1 unspecified atom stereocenters. The highest BCUT2D eigenvalue weighted by molar-refractivity contribution is 5.95. The number of hydrogen-bond donors (Lipinski definition) is 2. The zero-order valence-electron chi connectivity index (χ0n) is 24.5. The molecule has 2 fully saturated rings. The van der Waals surface area contributed by atoms with Crippen molar-refractivity contribution >= 4 is 22.3 Å². The van der Waals surface area contributed by atoms with E-state index in [-0.39, 0.29) is 12.2 Å². The van der Waals surface area contributed by atoms with Crippen molar-refractivity contribution in [1.82, 2.24) is 19.8 Å². The second-order valence-electron chi connectivity index (χ2n) is 11.7. The van der Waals surface area contributed by atoms with Crippen molar-refractivity contribution in [2.75, 3.05) is 56.2 Å². The van der Waals surface area contributed by atoms with Crippen molar-refractivity contribution in [3.05, 3.63) is 60.1 Å². The van der Waals surface area contributed by atoms with Crippen LogP contribution in [0.2, 0.25) is 0 Å². The van der Waals surface area contributed by atoms with Gasteiger partial charge in [0.25, 0.3) is 0 Å². The van der Waals surface area contributed by atoms with E-state index in [1.165, 1.54) is 0 Å². The van der Waals surface area contributed by atoms with Crippen LogP contribution in [0.5, 0.6) is 11.8 Å². The molecular weight excluding hydrogens is 549 g/mol. The Kier molecular flexibility index (Phi) is 8.34. The van der Waals surface area contributed by atoms with Gasteiger partial charge in [-0.1, -0.05) is 30.8 Å². The molecule has 0 spiro atoms. The first-order valence-corrected chi connectivity index (χ1v) is 14.9. The molecule has 0 bridgehead atoms. The maximum atomic E-state index is 13.9. The largest absolute Gasteiger partial charge is 0.508 e. The Balaban J connectivity index is 1.33. The minimum atomic E-state index is -1.45. The third-order valence-corrected chi connectivity index (χ3v) is 9.01. The number of hydrogen-bond acceptors (Lipinski definition) is 10. The number of halogens is 1. The fourth-order valence-corrected chi connectivity index (χ4v) is 6.67. The van der Waals surface area contributed by atoms with E-state index in [1.807, 2.05) is 18.2 Å². The Bertz CT molecular complexity index is 1550. The van der Waals surface area contributed by atoms with Crippen LogP contribution >= 0.6 is 0 Å². The van der Waals surface area contributed by atoms with Crippen LogP contribution in [0.4, 0.5) is 15.9 Å². The predicted molar refractivity (Wildman–Crippen MR) is 163 cm³/mol. The Hall–Kier alpha value is -3.98. The SMILES string of the molecule is C=C(F)C(O)N1CCN(c2nc(OC[C@@H]3CCCN3C)nc3c2CCN(c2cc(O)cc4ccccc24)C3)C[C@@H]1CC#N. The van der Waals surface area contributed by atoms with Gasteiger partial charge in [-0.3, -0.25) is 4.90 Å². The Morgan fingerprint density at radius 2 is 2.00 bits per heavy atom. The number of aromatic nitrogens is 2. The van der Waals surface area contributed by atoms with E-state index in [0.717, 1.165) is 52.9 Å². The van der Waals surface area contributed by atoms with Gasteiger partial charge in [-0.15, -0.1) is 0 Å². The lowest BCUT2D eigenvalue weighted by Gasteiger charge is -2.43. The molecular formula is C32H38FN7O3. The monoisotopic (exact) mass is 587 g/mol. The molecule has 43 heavy (non-hydrogen) atoms. The van der Waals surface area contributed by atoms with Gasteiger partial charge in [0, 0.05) is 61.0 Å². The van der Waals surface area contributed by atoms with Crippen molar-refractivity contribution in [3.8, 4) is 17.8 Å². The molecule has 0 saturated carbocycles. The summed E-state index contributed by atoms with van der Waals surface area (Å²) < 4.78 is 20.1. The van der Waals surface area contributed by atoms with Crippen LogP contribution in [-0.2, 0) is 13.0 Å². The van der Waals surface area contributed by atoms with Crippen LogP contribution in [0.3, 0.4) is 0 Å². The molecule has 0 amide bonds. The summed E-state index contributed by atoms with van der Waals surface area (Å²) in [7, 11) is 2.10. The average Bonchev–Trinajstić information content (AvgIpc) is 3.42. The number of aliphatic hydroxyl groups excluding tert-OH is 1. The standard InChI is InChI=1S/C32H38FN7O3/c1-21(33)31(42)40-15-14-39(18-23(40)9-11-34)30-27-10-13-38(29-17-25(41)16-22-6-3-4-8-26(22)29)19-28(27)35-32(36-30)43-20-24-7-5-12-37(24)2/h3-4,6,8,16-17,23-24,31,41-42H,1,5,7,9-10,12-15,18-20H2,2H3/t23-,24-,31?/m0/s1. The van der Waals surface area contributed by atoms with Gasteiger partial charge in [0.2, 0.25) is 0 Å². The summed E-state index contributed by atoms with van der Waals surface area (Å²) in [6.07, 6.45) is 1.55. The summed E-state index contributed by atoms with van der Waals surface area (Å²) in [4.78, 5) is 18.1. The van der Waals surface area contributed by atoms with Gasteiger partial charge in [0.15, 0.2) is 6.23 Å². The van der Waals surface area contributed by atoms with Gasteiger partial charge in [0.1, 0.15) is 24.0 Å². The van der Waals surface area contributed by atoms with Gasteiger partial charge >= 0.3 is 6.01 Å². The lowest BCUT2D eigenvalue weighted by Crippen LogP contribution is -2.57. The van der Waals surface area contributed by atoms with Crippen LogP contribution in [0.25, 0.3) is 10.8 Å². The maximum absolute atomic E-state index is 13.9. The number of aromatic hydroxyl groups is 1. The highest BCUT2D eigenvalue weighted by Crippen LogP contribution is 2.37. The lowest BCUT2D eigenvalue weighted by atomic mass is 10.0. The number of likely N-dealkylation sites (N-methyl/N-ethyl adjacent to an activating group) is 1. The molecule has 10 nitrogen and oxygen atoms in total. The van der Waals surface area contributed by atoms with E-state index < -0.39 is 18.1 Å². The summed E-state index contributed by atoms with van der Waals surface area (Å²) >= 11 is 0. The minimum Gasteiger partial charge on any atom is -0.508 e. The highest BCUT2D eigenvalue weighted by atomic mass is 19.1. The van der Waals surface area contributed by atoms with Crippen LogP contribution in [-0.4, -0.2) is 94.7 Å². The fraction of sp³-hybridized carbons (Fsp3) is 0.469. The molecule has 4 heterocycles. The first kappa shape index (κ1) is 29.1. The number of anilines is 2. The summed E-state index contributed by atoms with van der Waals surface area (Å²) in [6.45, 7) is 7.25. The van der Waals surface area contributed by atoms with E-state index >= 15 is 0 Å². The second kappa shape index (κ2) is 12.3. The molecule has 11 heteroatoms. The summed E-state index contributed by atoms with van der Waals surface area (Å²) in [5, 5.41) is 32.5. The number of phenols is 1. The Labute approximate surface area is 251 Å². The highest BCUT2D eigenvalue weighted by Gasteiger charge is 2.35. The number of ether oxygens (including phenoxy) is 1. The number of rotatable bonds is 8. The molecule has 3 aromatic rings. The average molecular weight is 588 g/mol. The van der Waals surface area contributed by atoms with Crippen LogP contribution in [0.1, 0.15) is 30.5 Å². The van der Waals surface area contributed by atoms with Crippen molar-refractivity contribution < 1.29 is 19.3 Å². The quantitative estimate of drug-likeness (QED) is 0.406. The number of piperazine rings is 1. The molecule has 3 aliphatic rings. The third kappa shape index (κ3) is 5.95. The van der Waals surface area contributed by atoms with Gasteiger partial charge in [-0.2, -0.15) is 15.2 Å². The molecule has 2 aromatic carbocycles. The minimum absolute atomic E-state index is 0.129. The van der Waals surface area contributed by atoms with E-state index in [1.54, 1.807) is 17.0 Å². The van der Waals surface area contributed by atoms with Gasteiger partial charge in [-0.25, -0.2) is 4.39 Å². The van der Waals surface area contributed by atoms with E-state index in [9.17, 15) is 19.9 Å². The lowest BCUT2D eigenvalue weighted by molar-refractivity contribution is -0.0167. The van der Waals surface area contributed by atoms with Crippen molar-refractivity contribution in [2.24, 2.45) is 0 Å². The molecule has 3 atom stereocenters. The molecule has 3 aliphatic heterocycles. The summed E-state index contributed by atoms with van der Waals surface area (Å²) in [6, 6.07) is 14.0. The number of aliphatic hydroxyl groups is 1. The van der Waals surface area contributed by atoms with Crippen molar-refractivity contribution in [1.29, 1.82) is 5.26 Å².